The standard InChI is InChI=1S/C34H30O5/c1-20-11-3-4-12-21(20)29-31(33(35)36)30(26-17-9-10-18-28(26)38-2)32(29)34(37)39-19-27-24-15-7-5-13-22(24)23-14-6-8-16-25(23)27/h3-18,27,29-32H,19H2,1-2H3,(H,35,36)/t29-,30-,31+,32+/m0/s1. The number of hydrogen-bond donors (Lipinski definition) is 1. The molecule has 4 atom stereocenters. The van der Waals surface area contributed by atoms with E-state index in [0.29, 0.717) is 5.75 Å². The molecule has 4 aromatic rings. The van der Waals surface area contributed by atoms with Crippen molar-refractivity contribution in [2.24, 2.45) is 11.8 Å². The van der Waals surface area contributed by atoms with Gasteiger partial charge in [0.1, 0.15) is 12.4 Å². The molecule has 4 aromatic carbocycles. The smallest absolute Gasteiger partial charge is 0.310 e. The van der Waals surface area contributed by atoms with Gasteiger partial charge in [-0.15, -0.1) is 0 Å². The monoisotopic (exact) mass is 518 g/mol. The van der Waals surface area contributed by atoms with Crippen LogP contribution in [0.25, 0.3) is 11.1 Å². The lowest BCUT2D eigenvalue weighted by molar-refractivity contribution is -0.164. The Labute approximate surface area is 228 Å². The molecule has 0 amide bonds. The Morgan fingerprint density at radius 1 is 0.692 bits per heavy atom. The fourth-order valence-electron chi connectivity index (χ4n) is 6.73. The zero-order chi connectivity index (χ0) is 27.1. The molecule has 2 aliphatic rings. The molecular weight excluding hydrogens is 488 g/mol. The Balaban J connectivity index is 1.36. The van der Waals surface area contributed by atoms with Crippen LogP contribution in [0.15, 0.2) is 97.1 Å². The van der Waals surface area contributed by atoms with Crippen molar-refractivity contribution in [3.05, 3.63) is 125 Å². The highest BCUT2D eigenvalue weighted by molar-refractivity contribution is 5.85. The van der Waals surface area contributed by atoms with Crippen LogP contribution in [-0.4, -0.2) is 30.8 Å². The van der Waals surface area contributed by atoms with Crippen LogP contribution in [0.2, 0.25) is 0 Å². The molecule has 0 saturated heterocycles. The van der Waals surface area contributed by atoms with Crippen LogP contribution in [0.4, 0.5) is 0 Å². The lowest BCUT2D eigenvalue weighted by atomic mass is 9.52. The molecule has 196 valence electrons. The normalized spacial score (nSPS) is 21.4. The van der Waals surface area contributed by atoms with E-state index in [1.54, 1.807) is 7.11 Å². The number of aryl methyl sites for hydroxylation is 1. The van der Waals surface area contributed by atoms with E-state index in [1.165, 1.54) is 0 Å². The van der Waals surface area contributed by atoms with Gasteiger partial charge in [0.15, 0.2) is 0 Å². The summed E-state index contributed by atoms with van der Waals surface area (Å²) in [5, 5.41) is 10.4. The molecule has 0 spiro atoms. The first-order valence-corrected chi connectivity index (χ1v) is 13.3. The molecule has 0 heterocycles. The number of fused-ring (bicyclic) bond motifs is 3. The molecule has 0 radical (unpaired) electrons. The first-order chi connectivity index (χ1) is 19.0. The van der Waals surface area contributed by atoms with E-state index in [1.807, 2.05) is 79.7 Å². The molecule has 2 aliphatic carbocycles. The zero-order valence-corrected chi connectivity index (χ0v) is 21.9. The van der Waals surface area contributed by atoms with Crippen molar-refractivity contribution in [2.75, 3.05) is 13.7 Å². The number of carbonyl (C=O) groups excluding carboxylic acids is 1. The number of carboxylic acids is 1. The summed E-state index contributed by atoms with van der Waals surface area (Å²) in [5.41, 5.74) is 7.15. The molecule has 5 nitrogen and oxygen atoms in total. The molecule has 5 heteroatoms. The molecule has 0 unspecified atom stereocenters. The highest BCUT2D eigenvalue weighted by Crippen LogP contribution is 2.60. The van der Waals surface area contributed by atoms with Crippen LogP contribution >= 0.6 is 0 Å². The summed E-state index contributed by atoms with van der Waals surface area (Å²) >= 11 is 0. The summed E-state index contributed by atoms with van der Waals surface area (Å²) in [7, 11) is 1.56. The number of carbonyl (C=O) groups is 2. The largest absolute Gasteiger partial charge is 0.496 e. The number of ether oxygens (including phenoxy) is 2. The SMILES string of the molecule is COc1ccccc1[C@H]1[C@H](C(=O)O)[C@H](c2ccccc2C)[C@H]1C(=O)OCC1c2ccccc2-c2ccccc21. The maximum absolute atomic E-state index is 14.0. The van der Waals surface area contributed by atoms with E-state index in [2.05, 4.69) is 24.3 Å². The number of esters is 1. The van der Waals surface area contributed by atoms with Crippen molar-refractivity contribution in [3.8, 4) is 16.9 Å². The highest BCUT2D eigenvalue weighted by Gasteiger charge is 2.60. The van der Waals surface area contributed by atoms with Gasteiger partial charge in [-0.25, -0.2) is 0 Å². The van der Waals surface area contributed by atoms with Crippen molar-refractivity contribution < 1.29 is 24.2 Å². The van der Waals surface area contributed by atoms with Gasteiger partial charge in [0.05, 0.1) is 18.9 Å². The first kappa shape index (κ1) is 24.9. The van der Waals surface area contributed by atoms with Crippen LogP contribution in [0.1, 0.15) is 45.6 Å². The molecule has 1 fully saturated rings. The zero-order valence-electron chi connectivity index (χ0n) is 21.9. The molecule has 1 saturated carbocycles. The van der Waals surface area contributed by atoms with E-state index in [-0.39, 0.29) is 18.5 Å². The number of aliphatic carboxylic acids is 1. The predicted molar refractivity (Wildman–Crippen MR) is 149 cm³/mol. The van der Waals surface area contributed by atoms with Crippen molar-refractivity contribution >= 4 is 11.9 Å². The molecule has 39 heavy (non-hydrogen) atoms. The molecule has 6 rings (SSSR count). The third-order valence-corrected chi connectivity index (χ3v) is 8.51. The van der Waals surface area contributed by atoms with Gasteiger partial charge < -0.3 is 14.6 Å². The fraction of sp³-hybridized carbons (Fsp3) is 0.235. The maximum atomic E-state index is 14.0. The molecule has 1 N–H and O–H groups in total. The molecule has 0 aromatic heterocycles. The Morgan fingerprint density at radius 2 is 1.21 bits per heavy atom. The van der Waals surface area contributed by atoms with Gasteiger partial charge in [0, 0.05) is 17.8 Å². The minimum Gasteiger partial charge on any atom is -0.496 e. The van der Waals surface area contributed by atoms with Crippen molar-refractivity contribution in [1.29, 1.82) is 0 Å². The minimum atomic E-state index is -0.929. The van der Waals surface area contributed by atoms with Gasteiger partial charge in [-0.1, -0.05) is 91.0 Å². The third-order valence-electron chi connectivity index (χ3n) is 8.51. The predicted octanol–water partition coefficient (Wildman–Crippen LogP) is 6.56. The van der Waals surface area contributed by atoms with E-state index < -0.39 is 29.6 Å². The Hall–Kier alpha value is -4.38. The van der Waals surface area contributed by atoms with Crippen molar-refractivity contribution in [3.63, 3.8) is 0 Å². The first-order valence-electron chi connectivity index (χ1n) is 13.3. The third kappa shape index (κ3) is 4.09. The number of hydrogen-bond acceptors (Lipinski definition) is 4. The average molecular weight is 519 g/mol. The van der Waals surface area contributed by atoms with Crippen molar-refractivity contribution in [1.82, 2.24) is 0 Å². The van der Waals surface area contributed by atoms with Gasteiger partial charge in [-0.05, 0) is 51.9 Å². The van der Waals surface area contributed by atoms with Gasteiger partial charge in [-0.2, -0.15) is 0 Å². The number of rotatable bonds is 7. The topological polar surface area (TPSA) is 72.8 Å². The van der Waals surface area contributed by atoms with E-state index in [4.69, 9.17) is 9.47 Å². The second kappa shape index (κ2) is 10.1. The van der Waals surface area contributed by atoms with Crippen LogP contribution in [0.3, 0.4) is 0 Å². The van der Waals surface area contributed by atoms with Crippen LogP contribution < -0.4 is 4.74 Å². The number of para-hydroxylation sites is 1. The van der Waals surface area contributed by atoms with Crippen LogP contribution in [-0.2, 0) is 14.3 Å². The van der Waals surface area contributed by atoms with E-state index >= 15 is 0 Å². The average Bonchev–Trinajstić information content (AvgIpc) is 3.26. The summed E-state index contributed by atoms with van der Waals surface area (Å²) in [6.45, 7) is 2.15. The summed E-state index contributed by atoms with van der Waals surface area (Å²) < 4.78 is 11.7. The van der Waals surface area contributed by atoms with Gasteiger partial charge in [-0.3, -0.25) is 9.59 Å². The number of benzene rings is 4. The molecule has 0 bridgehead atoms. The van der Waals surface area contributed by atoms with Gasteiger partial charge in [0.2, 0.25) is 0 Å². The van der Waals surface area contributed by atoms with Gasteiger partial charge in [0.25, 0.3) is 0 Å². The second-order valence-electron chi connectivity index (χ2n) is 10.4. The summed E-state index contributed by atoms with van der Waals surface area (Å²) in [6, 6.07) is 31.5. The van der Waals surface area contributed by atoms with E-state index in [0.717, 1.165) is 38.9 Å². The summed E-state index contributed by atoms with van der Waals surface area (Å²) in [6.07, 6.45) is 0. The Bertz CT molecular complexity index is 1510. The lowest BCUT2D eigenvalue weighted by Crippen LogP contribution is -2.51. The van der Waals surface area contributed by atoms with Gasteiger partial charge >= 0.3 is 11.9 Å². The quantitative estimate of drug-likeness (QED) is 0.281. The second-order valence-corrected chi connectivity index (χ2v) is 10.4. The minimum absolute atomic E-state index is 0.0710. The molecule has 0 aliphatic heterocycles. The number of methoxy groups -OCH3 is 1. The van der Waals surface area contributed by atoms with Crippen LogP contribution in [0, 0.1) is 18.8 Å². The summed E-state index contributed by atoms with van der Waals surface area (Å²) in [5.74, 6) is -3.32. The van der Waals surface area contributed by atoms with Crippen molar-refractivity contribution in [2.45, 2.75) is 24.7 Å². The Kier molecular flexibility index (Phi) is 6.43. The summed E-state index contributed by atoms with van der Waals surface area (Å²) in [4.78, 5) is 26.7. The number of carboxylic acid groups (broad SMARTS) is 1. The fourth-order valence-corrected chi connectivity index (χ4v) is 6.73. The highest BCUT2D eigenvalue weighted by atomic mass is 16.5. The Morgan fingerprint density at radius 3 is 1.79 bits per heavy atom. The maximum Gasteiger partial charge on any atom is 0.310 e. The lowest BCUT2D eigenvalue weighted by Gasteiger charge is -2.49. The molecular formula is C34H30O5. The van der Waals surface area contributed by atoms with Crippen LogP contribution in [0.5, 0.6) is 5.75 Å². The van der Waals surface area contributed by atoms with E-state index in [9.17, 15) is 14.7 Å².